The van der Waals surface area contributed by atoms with Crippen LogP contribution in [0, 0.1) is 19.1 Å². The third kappa shape index (κ3) is 4.96. The molecular formula is C22H27NO2Y-2. The fraction of sp³-hybridized carbons (Fsp3) is 0.364. The fourth-order valence-corrected chi connectivity index (χ4v) is 3.46. The van der Waals surface area contributed by atoms with Gasteiger partial charge in [0.05, 0.1) is 0 Å². The van der Waals surface area contributed by atoms with Crippen LogP contribution in [0.5, 0.6) is 0 Å². The van der Waals surface area contributed by atoms with E-state index in [1.807, 2.05) is 13.0 Å². The third-order valence-corrected chi connectivity index (χ3v) is 4.99. The number of aliphatic hydroxyl groups excluding tert-OH is 1. The molecule has 0 unspecified atom stereocenters. The summed E-state index contributed by atoms with van der Waals surface area (Å²) in [6, 6.07) is 16.8. The van der Waals surface area contributed by atoms with E-state index in [1.54, 1.807) is 0 Å². The third-order valence-electron chi connectivity index (χ3n) is 4.99. The van der Waals surface area contributed by atoms with E-state index in [1.165, 1.54) is 11.1 Å². The van der Waals surface area contributed by atoms with Crippen molar-refractivity contribution in [3.8, 4) is 0 Å². The van der Waals surface area contributed by atoms with E-state index in [2.05, 4.69) is 61.3 Å². The van der Waals surface area contributed by atoms with Gasteiger partial charge in [0.1, 0.15) is 0 Å². The summed E-state index contributed by atoms with van der Waals surface area (Å²) in [5.74, 6) is 0. The van der Waals surface area contributed by atoms with Gasteiger partial charge in [-0.05, 0) is 26.1 Å². The quantitative estimate of drug-likeness (QED) is 0.694. The Morgan fingerprint density at radius 3 is 2.65 bits per heavy atom. The number of hydrogen-bond donors (Lipinski definition) is 1. The topological polar surface area (TPSA) is 32.7 Å². The minimum Gasteiger partial charge on any atom is -0.551 e. The molecule has 0 aliphatic carbocycles. The molecule has 0 spiro atoms. The van der Waals surface area contributed by atoms with Crippen LogP contribution in [0.3, 0.4) is 0 Å². The molecule has 1 radical (unpaired) electrons. The molecule has 26 heavy (non-hydrogen) atoms. The van der Waals surface area contributed by atoms with Gasteiger partial charge >= 0.3 is 0 Å². The molecule has 1 fully saturated rings. The minimum absolute atomic E-state index is 0. The molecule has 3 nitrogen and oxygen atoms in total. The molecule has 1 heterocycles. The standard InChI is InChI=1S/C22H27NO2.Y/c1-4-17-11-10-16(2)19(14-17)20(24)15-25-21-12-13-23(3)22(21)18-8-6-5-7-9-18;/h5-11,14,22,24H,4,12-13,15H2,1-3H3;/q-2;/t22-;/m0./s1. The molecule has 0 amide bonds. The van der Waals surface area contributed by atoms with Crippen LogP contribution < -0.4 is 0 Å². The largest absolute Gasteiger partial charge is 0.551 e. The Kier molecular flexibility index (Phi) is 8.31. The number of likely N-dealkylation sites (tertiary alicyclic amines) is 1. The maximum Gasteiger partial charge on any atom is 0.0117 e. The number of hydrogen-bond acceptors (Lipinski definition) is 3. The summed E-state index contributed by atoms with van der Waals surface area (Å²) in [4.78, 5) is 2.30. The molecule has 4 heteroatoms. The molecule has 0 saturated carbocycles. The average molecular weight is 426 g/mol. The van der Waals surface area contributed by atoms with Crippen LogP contribution in [0.1, 0.15) is 41.6 Å². The van der Waals surface area contributed by atoms with Crippen LogP contribution in [-0.4, -0.2) is 30.2 Å². The number of aryl methyl sites for hydroxylation is 2. The first-order chi connectivity index (χ1) is 12.1. The zero-order valence-corrected chi connectivity index (χ0v) is 18.7. The Morgan fingerprint density at radius 2 is 1.96 bits per heavy atom. The van der Waals surface area contributed by atoms with Crippen LogP contribution in [0.2, 0.25) is 0 Å². The van der Waals surface area contributed by atoms with E-state index >= 15 is 0 Å². The first kappa shape index (κ1) is 21.6. The second-order valence-electron chi connectivity index (χ2n) is 6.75. The van der Waals surface area contributed by atoms with E-state index in [9.17, 15) is 5.11 Å². The molecule has 1 aliphatic heterocycles. The van der Waals surface area contributed by atoms with Crippen molar-refractivity contribution in [2.45, 2.75) is 32.7 Å². The predicted molar refractivity (Wildman–Crippen MR) is 100 cm³/mol. The zero-order chi connectivity index (χ0) is 17.8. The average Bonchev–Trinajstić information content (AvgIpc) is 3.01. The number of rotatable bonds is 6. The van der Waals surface area contributed by atoms with Gasteiger partial charge in [0, 0.05) is 39.3 Å². The Labute approximate surface area is 182 Å². The number of ether oxygens (including phenoxy) is 1. The summed E-state index contributed by atoms with van der Waals surface area (Å²) in [5.41, 5.74) is 4.43. The molecule has 1 N–H and O–H groups in total. The second kappa shape index (κ2) is 10.0. The second-order valence-corrected chi connectivity index (χ2v) is 6.75. The van der Waals surface area contributed by atoms with Gasteiger partial charge in [-0.2, -0.15) is 17.7 Å². The summed E-state index contributed by atoms with van der Waals surface area (Å²) in [5, 5.41) is 10.6. The van der Waals surface area contributed by atoms with Crippen molar-refractivity contribution in [2.75, 3.05) is 20.2 Å². The molecule has 1 saturated heterocycles. The SMILES string of the molecule is CCc1ccc(C)c([C-](O)CO[C-]2CCN(C)[C@H]2c2ccccc2)c1.[Y]. The molecule has 1 aliphatic rings. The normalized spacial score (nSPS) is 17.9. The van der Waals surface area contributed by atoms with Crippen molar-refractivity contribution in [3.63, 3.8) is 0 Å². The molecule has 2 aromatic carbocycles. The van der Waals surface area contributed by atoms with Crippen molar-refractivity contribution >= 4 is 0 Å². The van der Waals surface area contributed by atoms with Crippen LogP contribution in [0.15, 0.2) is 48.5 Å². The Hall–Kier alpha value is -0.706. The van der Waals surface area contributed by atoms with Crippen molar-refractivity contribution < 1.29 is 42.6 Å². The van der Waals surface area contributed by atoms with Crippen LogP contribution in [-0.2, 0) is 43.9 Å². The van der Waals surface area contributed by atoms with Crippen molar-refractivity contribution in [3.05, 3.63) is 83.0 Å². The molecular weight excluding hydrogens is 399 g/mol. The van der Waals surface area contributed by atoms with Gasteiger partial charge in [-0.25, -0.2) is 0 Å². The van der Waals surface area contributed by atoms with Crippen LogP contribution >= 0.6 is 0 Å². The number of nitrogens with zero attached hydrogens (tertiary/aromatic N) is 1. The van der Waals surface area contributed by atoms with Crippen molar-refractivity contribution in [2.24, 2.45) is 0 Å². The van der Waals surface area contributed by atoms with E-state index in [-0.39, 0.29) is 45.4 Å². The van der Waals surface area contributed by atoms with E-state index in [0.717, 1.165) is 36.6 Å². The number of likely N-dealkylation sites (N-methyl/N-ethyl adjacent to an activating group) is 1. The first-order valence-corrected chi connectivity index (χ1v) is 8.98. The van der Waals surface area contributed by atoms with Crippen molar-refractivity contribution in [1.29, 1.82) is 0 Å². The maximum atomic E-state index is 10.6. The zero-order valence-electron chi connectivity index (χ0n) is 15.9. The Balaban J connectivity index is 0.00000243. The fourth-order valence-electron chi connectivity index (χ4n) is 3.46. The molecule has 0 bridgehead atoms. The molecule has 3 rings (SSSR count). The van der Waals surface area contributed by atoms with Gasteiger partial charge in [-0.15, -0.1) is 23.6 Å². The van der Waals surface area contributed by atoms with E-state index in [0.29, 0.717) is 6.10 Å². The minimum atomic E-state index is 0. The van der Waals surface area contributed by atoms with Crippen molar-refractivity contribution in [1.82, 2.24) is 4.90 Å². The van der Waals surface area contributed by atoms with E-state index in [4.69, 9.17) is 4.74 Å². The van der Waals surface area contributed by atoms with Gasteiger partial charge < -0.3 is 14.7 Å². The monoisotopic (exact) mass is 426 g/mol. The number of aliphatic hydroxyl groups is 1. The van der Waals surface area contributed by atoms with Gasteiger partial charge in [-0.3, -0.25) is 0 Å². The summed E-state index contributed by atoms with van der Waals surface area (Å²) < 4.78 is 6.07. The smallest absolute Gasteiger partial charge is 0.0117 e. The molecule has 2 aromatic rings. The van der Waals surface area contributed by atoms with Crippen LogP contribution in [0.4, 0.5) is 0 Å². The predicted octanol–water partition coefficient (Wildman–Crippen LogP) is 4.43. The molecule has 1 atom stereocenters. The summed E-state index contributed by atoms with van der Waals surface area (Å²) in [6.07, 6.45) is 3.20. The van der Waals surface area contributed by atoms with Crippen LogP contribution in [0.25, 0.3) is 0 Å². The van der Waals surface area contributed by atoms with Gasteiger partial charge in [0.15, 0.2) is 0 Å². The first-order valence-electron chi connectivity index (χ1n) is 8.98. The van der Waals surface area contributed by atoms with Gasteiger partial charge in [-0.1, -0.05) is 61.9 Å². The summed E-state index contributed by atoms with van der Waals surface area (Å²) in [7, 11) is 2.12. The molecule has 0 aromatic heterocycles. The maximum absolute atomic E-state index is 10.6. The molecule has 137 valence electrons. The summed E-state index contributed by atoms with van der Waals surface area (Å²) in [6.45, 7) is 5.34. The van der Waals surface area contributed by atoms with Gasteiger partial charge in [0.25, 0.3) is 0 Å². The number of benzene rings is 2. The van der Waals surface area contributed by atoms with E-state index < -0.39 is 0 Å². The Bertz CT molecular complexity index is 692. The Morgan fingerprint density at radius 1 is 1.23 bits per heavy atom. The summed E-state index contributed by atoms with van der Waals surface area (Å²) >= 11 is 0. The van der Waals surface area contributed by atoms with Gasteiger partial charge in [0.2, 0.25) is 0 Å².